The first-order valence-electron chi connectivity index (χ1n) is 11.7. The summed E-state index contributed by atoms with van der Waals surface area (Å²) in [6.07, 6.45) is 1.84. The fraction of sp³-hybridized carbons (Fsp3) is 0.444. The molecule has 2 aromatic rings. The molecule has 0 aromatic heterocycles. The smallest absolute Gasteiger partial charge is 0.251 e. The molecule has 2 aliphatic rings. The Kier molecular flexibility index (Phi) is 6.58. The van der Waals surface area contributed by atoms with Crippen LogP contribution in [0.25, 0.3) is 0 Å². The van der Waals surface area contributed by atoms with Gasteiger partial charge in [0.2, 0.25) is 5.91 Å². The van der Waals surface area contributed by atoms with Crippen LogP contribution in [0.2, 0.25) is 0 Å². The molecule has 3 unspecified atom stereocenters. The van der Waals surface area contributed by atoms with Crippen LogP contribution in [0.4, 0.5) is 4.39 Å². The normalized spacial score (nSPS) is 22.8. The maximum Gasteiger partial charge on any atom is 0.251 e. The van der Waals surface area contributed by atoms with Crippen LogP contribution >= 0.6 is 0 Å². The molecule has 7 heteroatoms. The Hall–Kier alpha value is -3.06. The van der Waals surface area contributed by atoms with Gasteiger partial charge in [0, 0.05) is 12.0 Å². The molecule has 1 aliphatic heterocycles. The highest BCUT2D eigenvalue weighted by molar-refractivity contribution is 6.00. The minimum absolute atomic E-state index is 0.0138. The van der Waals surface area contributed by atoms with Crippen LogP contribution in [0.5, 0.6) is 0 Å². The number of ketones is 1. The number of fused-ring (bicyclic) bond motifs is 1. The second kappa shape index (κ2) is 9.29. The Labute approximate surface area is 199 Å². The topological polar surface area (TPSA) is 84.5 Å². The summed E-state index contributed by atoms with van der Waals surface area (Å²) in [4.78, 5) is 39.1. The van der Waals surface area contributed by atoms with Crippen molar-refractivity contribution < 1.29 is 23.5 Å². The Morgan fingerprint density at radius 2 is 1.79 bits per heavy atom. The molecule has 2 N–H and O–H groups in total. The molecule has 1 saturated heterocycles. The van der Waals surface area contributed by atoms with Crippen LogP contribution in [-0.2, 0) is 26.2 Å². The number of hydrogen-bond donors (Lipinski definition) is 2. The molecule has 6 nitrogen and oxygen atoms in total. The number of carbonyl (C=O) groups is 3. The summed E-state index contributed by atoms with van der Waals surface area (Å²) in [6, 6.07) is 12.1. The zero-order chi connectivity index (χ0) is 24.5. The number of benzene rings is 2. The highest BCUT2D eigenvalue weighted by Crippen LogP contribution is 2.37. The molecule has 0 bridgehead atoms. The fourth-order valence-electron chi connectivity index (χ4n) is 4.77. The molecular formula is C27H31FN2O4. The zero-order valence-corrected chi connectivity index (χ0v) is 19.8. The number of nitrogens with one attached hydrogen (secondary N) is 2. The molecule has 0 spiro atoms. The summed E-state index contributed by atoms with van der Waals surface area (Å²) < 4.78 is 19.0. The predicted molar refractivity (Wildman–Crippen MR) is 126 cm³/mol. The fourth-order valence-corrected chi connectivity index (χ4v) is 4.77. The third-order valence-corrected chi connectivity index (χ3v) is 6.83. The largest absolute Gasteiger partial charge is 0.367 e. The van der Waals surface area contributed by atoms with Gasteiger partial charge in [-0.25, -0.2) is 4.39 Å². The lowest BCUT2D eigenvalue weighted by Crippen LogP contribution is -2.60. The quantitative estimate of drug-likeness (QED) is 0.683. The SMILES string of the molecule is CC(C)(C)c1ccc(C(=O)NC(Cc2ccc(F)cc2)C(=O)NC23CCCC2OCC3=O)cc1. The van der Waals surface area contributed by atoms with Crippen molar-refractivity contribution in [2.75, 3.05) is 6.61 Å². The highest BCUT2D eigenvalue weighted by atomic mass is 19.1. The van der Waals surface area contributed by atoms with Gasteiger partial charge in [-0.1, -0.05) is 45.0 Å². The van der Waals surface area contributed by atoms with Gasteiger partial charge in [-0.2, -0.15) is 0 Å². The van der Waals surface area contributed by atoms with Crippen molar-refractivity contribution in [2.24, 2.45) is 0 Å². The highest BCUT2D eigenvalue weighted by Gasteiger charge is 2.55. The number of amides is 2. The van der Waals surface area contributed by atoms with E-state index in [1.165, 1.54) is 12.1 Å². The lowest BCUT2D eigenvalue weighted by Gasteiger charge is -2.30. The van der Waals surface area contributed by atoms with E-state index in [-0.39, 0.29) is 36.1 Å². The monoisotopic (exact) mass is 466 g/mol. The summed E-state index contributed by atoms with van der Waals surface area (Å²) in [5.41, 5.74) is 1.14. The van der Waals surface area contributed by atoms with Crippen molar-refractivity contribution in [2.45, 2.75) is 69.6 Å². The Balaban J connectivity index is 1.55. The molecule has 1 aliphatic carbocycles. The van der Waals surface area contributed by atoms with Crippen molar-refractivity contribution in [3.05, 3.63) is 71.0 Å². The number of halogens is 1. The molecule has 1 heterocycles. The Morgan fingerprint density at radius 3 is 2.44 bits per heavy atom. The minimum atomic E-state index is -1.03. The predicted octanol–water partition coefficient (Wildman–Crippen LogP) is 3.47. The first kappa shape index (κ1) is 24.1. The van der Waals surface area contributed by atoms with Gasteiger partial charge >= 0.3 is 0 Å². The van der Waals surface area contributed by atoms with E-state index < -0.39 is 23.4 Å². The van der Waals surface area contributed by atoms with Gasteiger partial charge in [0.1, 0.15) is 24.0 Å². The van der Waals surface area contributed by atoms with Gasteiger partial charge in [-0.05, 0) is 60.1 Å². The van der Waals surface area contributed by atoms with Crippen LogP contribution in [0.3, 0.4) is 0 Å². The van der Waals surface area contributed by atoms with Crippen LogP contribution < -0.4 is 10.6 Å². The van der Waals surface area contributed by atoms with Crippen LogP contribution in [0.15, 0.2) is 48.5 Å². The second-order valence-corrected chi connectivity index (χ2v) is 10.3. The van der Waals surface area contributed by atoms with Crippen LogP contribution in [0, 0.1) is 5.82 Å². The van der Waals surface area contributed by atoms with Gasteiger partial charge in [0.05, 0.1) is 6.10 Å². The molecule has 4 rings (SSSR count). The van der Waals surface area contributed by atoms with E-state index in [0.717, 1.165) is 12.0 Å². The molecule has 2 fully saturated rings. The summed E-state index contributed by atoms with van der Waals surface area (Å²) in [5, 5.41) is 5.74. The summed E-state index contributed by atoms with van der Waals surface area (Å²) >= 11 is 0. The molecule has 2 amide bonds. The molecular weight excluding hydrogens is 435 g/mol. The standard InChI is InChI=1S/C27H31FN2O4/c1-26(2,3)19-10-8-18(9-11-19)24(32)29-21(15-17-6-12-20(28)13-7-17)25(33)30-27-14-4-5-23(27)34-16-22(27)31/h6-13,21,23H,4-5,14-16H2,1-3H3,(H,29,32)(H,30,33). The number of Topliss-reactive ketones (excluding diaryl/α,β-unsaturated/α-hetero) is 1. The summed E-state index contributed by atoms with van der Waals surface area (Å²) in [6.45, 7) is 6.26. The van der Waals surface area contributed by atoms with Gasteiger partial charge in [-0.3, -0.25) is 14.4 Å². The van der Waals surface area contributed by atoms with Crippen LogP contribution in [-0.4, -0.2) is 41.9 Å². The van der Waals surface area contributed by atoms with Gasteiger partial charge < -0.3 is 15.4 Å². The van der Waals surface area contributed by atoms with Crippen LogP contribution in [0.1, 0.15) is 61.5 Å². The first-order chi connectivity index (χ1) is 16.1. The van der Waals surface area contributed by atoms with E-state index in [2.05, 4.69) is 31.4 Å². The van der Waals surface area contributed by atoms with Gasteiger partial charge in [-0.15, -0.1) is 0 Å². The van der Waals surface area contributed by atoms with Crippen molar-refractivity contribution in [3.63, 3.8) is 0 Å². The lowest BCUT2D eigenvalue weighted by molar-refractivity contribution is -0.131. The van der Waals surface area contributed by atoms with E-state index in [0.29, 0.717) is 24.0 Å². The maximum absolute atomic E-state index is 13.4. The second-order valence-electron chi connectivity index (χ2n) is 10.3. The first-order valence-corrected chi connectivity index (χ1v) is 11.7. The molecule has 3 atom stereocenters. The molecule has 34 heavy (non-hydrogen) atoms. The summed E-state index contributed by atoms with van der Waals surface area (Å²) in [5.74, 6) is -1.35. The number of carbonyl (C=O) groups excluding carboxylic acids is 3. The summed E-state index contributed by atoms with van der Waals surface area (Å²) in [7, 11) is 0. The van der Waals surface area contributed by atoms with E-state index in [1.54, 1.807) is 24.3 Å². The number of rotatable bonds is 6. The van der Waals surface area contributed by atoms with Crippen molar-refractivity contribution >= 4 is 17.6 Å². The number of ether oxygens (including phenoxy) is 1. The van der Waals surface area contributed by atoms with Crippen molar-refractivity contribution in [1.29, 1.82) is 0 Å². The minimum Gasteiger partial charge on any atom is -0.367 e. The van der Waals surface area contributed by atoms with E-state index in [1.807, 2.05) is 12.1 Å². The molecule has 2 aromatic carbocycles. The maximum atomic E-state index is 13.4. The van der Waals surface area contributed by atoms with Crippen molar-refractivity contribution in [1.82, 2.24) is 10.6 Å². The average Bonchev–Trinajstić information content (AvgIpc) is 3.33. The lowest BCUT2D eigenvalue weighted by atomic mass is 9.86. The molecule has 1 saturated carbocycles. The average molecular weight is 467 g/mol. The molecule has 180 valence electrons. The third-order valence-electron chi connectivity index (χ3n) is 6.83. The number of hydrogen-bond acceptors (Lipinski definition) is 4. The molecule has 0 radical (unpaired) electrons. The van der Waals surface area contributed by atoms with Gasteiger partial charge in [0.15, 0.2) is 5.78 Å². The van der Waals surface area contributed by atoms with E-state index in [4.69, 9.17) is 4.74 Å². The van der Waals surface area contributed by atoms with Gasteiger partial charge in [0.25, 0.3) is 5.91 Å². The third kappa shape index (κ3) is 4.89. The van der Waals surface area contributed by atoms with E-state index >= 15 is 0 Å². The van der Waals surface area contributed by atoms with Crippen molar-refractivity contribution in [3.8, 4) is 0 Å². The Bertz CT molecular complexity index is 1080. The van der Waals surface area contributed by atoms with E-state index in [9.17, 15) is 18.8 Å². The Morgan fingerprint density at radius 1 is 1.12 bits per heavy atom. The zero-order valence-electron chi connectivity index (χ0n) is 19.8.